The lowest BCUT2D eigenvalue weighted by atomic mass is 9.99. The number of fused-ring (bicyclic) bond motifs is 1. The highest BCUT2D eigenvalue weighted by Crippen LogP contribution is 2.39. The molecule has 14 heavy (non-hydrogen) atoms. The number of aliphatic hydroxyl groups is 2. The molecule has 2 rings (SSSR count). The van der Waals surface area contributed by atoms with Crippen LogP contribution in [0.2, 0.25) is 5.02 Å². The Morgan fingerprint density at radius 1 is 1.50 bits per heavy atom. The van der Waals surface area contributed by atoms with Gasteiger partial charge in [-0.15, -0.1) is 0 Å². The molecule has 0 amide bonds. The molecule has 2 N–H and O–H groups in total. The highest BCUT2D eigenvalue weighted by molar-refractivity contribution is 6.32. The maximum atomic E-state index is 9.74. The zero-order valence-corrected chi connectivity index (χ0v) is 8.24. The molecule has 1 aliphatic heterocycles. The first-order chi connectivity index (χ1) is 6.72. The van der Waals surface area contributed by atoms with Crippen LogP contribution in [0.1, 0.15) is 18.1 Å². The Kier molecular flexibility index (Phi) is 2.63. The van der Waals surface area contributed by atoms with E-state index in [0.717, 1.165) is 0 Å². The number of benzene rings is 1. The van der Waals surface area contributed by atoms with Crippen molar-refractivity contribution in [1.82, 2.24) is 0 Å². The van der Waals surface area contributed by atoms with Crippen LogP contribution in [0, 0.1) is 0 Å². The van der Waals surface area contributed by atoms with Crippen molar-refractivity contribution in [1.29, 1.82) is 0 Å². The van der Waals surface area contributed by atoms with Gasteiger partial charge in [0.15, 0.2) is 0 Å². The molecule has 0 saturated carbocycles. The van der Waals surface area contributed by atoms with E-state index < -0.39 is 6.10 Å². The Hall–Kier alpha value is -0.770. The van der Waals surface area contributed by atoms with Crippen LogP contribution in [0.5, 0.6) is 5.75 Å². The van der Waals surface area contributed by atoms with E-state index in [2.05, 4.69) is 0 Å². The van der Waals surface area contributed by atoms with E-state index in [-0.39, 0.29) is 12.7 Å². The molecule has 0 bridgehead atoms. The van der Waals surface area contributed by atoms with Gasteiger partial charge in [0.05, 0.1) is 17.7 Å². The summed E-state index contributed by atoms with van der Waals surface area (Å²) in [5.74, 6) is 0.493. The lowest BCUT2D eigenvalue weighted by Gasteiger charge is -2.28. The van der Waals surface area contributed by atoms with E-state index >= 15 is 0 Å². The molecule has 2 unspecified atom stereocenters. The summed E-state index contributed by atoms with van der Waals surface area (Å²) < 4.78 is 5.44. The molecule has 0 spiro atoms. The van der Waals surface area contributed by atoms with Crippen LogP contribution < -0.4 is 4.74 Å². The second-order valence-electron chi connectivity index (χ2n) is 3.33. The molecule has 4 heteroatoms. The topological polar surface area (TPSA) is 49.7 Å². The van der Waals surface area contributed by atoms with Crippen molar-refractivity contribution in [3.63, 3.8) is 0 Å². The van der Waals surface area contributed by atoms with E-state index in [4.69, 9.17) is 21.4 Å². The number of rotatable bonds is 1. The fourth-order valence-electron chi connectivity index (χ4n) is 1.61. The van der Waals surface area contributed by atoms with Crippen LogP contribution in [-0.2, 0) is 0 Å². The van der Waals surface area contributed by atoms with Crippen LogP contribution in [0.15, 0.2) is 18.2 Å². The fourth-order valence-corrected chi connectivity index (χ4v) is 1.84. The van der Waals surface area contributed by atoms with Gasteiger partial charge in [0.25, 0.3) is 0 Å². The average molecular weight is 215 g/mol. The Labute approximate surface area is 86.9 Å². The summed E-state index contributed by atoms with van der Waals surface area (Å²) in [7, 11) is 0. The molecule has 1 aromatic carbocycles. The molecule has 0 aromatic heterocycles. The van der Waals surface area contributed by atoms with E-state index in [1.165, 1.54) is 0 Å². The molecule has 0 radical (unpaired) electrons. The molecule has 76 valence electrons. The zero-order chi connectivity index (χ0) is 10.1. The van der Waals surface area contributed by atoms with E-state index in [9.17, 15) is 5.11 Å². The molecule has 0 fully saturated rings. The number of hydrogen-bond donors (Lipinski definition) is 2. The Morgan fingerprint density at radius 2 is 2.29 bits per heavy atom. The SMILES string of the molecule is OCC1CC(O)c2cccc(Cl)c2O1. The molecule has 1 aromatic rings. The molecular weight excluding hydrogens is 204 g/mol. The van der Waals surface area contributed by atoms with Crippen LogP contribution in [-0.4, -0.2) is 22.9 Å². The van der Waals surface area contributed by atoms with Gasteiger partial charge < -0.3 is 14.9 Å². The summed E-state index contributed by atoms with van der Waals surface area (Å²) in [4.78, 5) is 0. The quantitative estimate of drug-likeness (QED) is 0.745. The Balaban J connectivity index is 2.40. The van der Waals surface area contributed by atoms with Crippen LogP contribution in [0.25, 0.3) is 0 Å². The molecule has 2 atom stereocenters. The second kappa shape index (κ2) is 3.77. The first-order valence-corrected chi connectivity index (χ1v) is 4.84. The minimum Gasteiger partial charge on any atom is -0.486 e. The zero-order valence-electron chi connectivity index (χ0n) is 7.48. The van der Waals surface area contributed by atoms with E-state index in [0.29, 0.717) is 22.8 Å². The third-order valence-corrected chi connectivity index (χ3v) is 2.63. The first-order valence-electron chi connectivity index (χ1n) is 4.46. The van der Waals surface area contributed by atoms with Gasteiger partial charge in [-0.2, -0.15) is 0 Å². The van der Waals surface area contributed by atoms with Crippen molar-refractivity contribution in [2.45, 2.75) is 18.6 Å². The van der Waals surface area contributed by atoms with Crippen LogP contribution in [0.3, 0.4) is 0 Å². The van der Waals surface area contributed by atoms with Gasteiger partial charge in [-0.05, 0) is 6.07 Å². The predicted molar refractivity (Wildman–Crippen MR) is 52.5 cm³/mol. The summed E-state index contributed by atoms with van der Waals surface area (Å²) in [5.41, 5.74) is 0.696. The van der Waals surface area contributed by atoms with Gasteiger partial charge in [0.1, 0.15) is 11.9 Å². The summed E-state index contributed by atoms with van der Waals surface area (Å²) in [6.07, 6.45) is -0.559. The number of halogens is 1. The van der Waals surface area contributed by atoms with Crippen molar-refractivity contribution in [2.75, 3.05) is 6.61 Å². The maximum absolute atomic E-state index is 9.74. The standard InChI is InChI=1S/C10H11ClO3/c11-8-3-1-2-7-9(13)4-6(5-12)14-10(7)8/h1-3,6,9,12-13H,4-5H2. The number of aliphatic hydroxyl groups excluding tert-OH is 2. The average Bonchev–Trinajstić information content (AvgIpc) is 2.19. The minimum atomic E-state index is -0.602. The Bertz CT molecular complexity index is 340. The highest BCUT2D eigenvalue weighted by atomic mass is 35.5. The third-order valence-electron chi connectivity index (χ3n) is 2.33. The molecule has 0 aliphatic carbocycles. The van der Waals surface area contributed by atoms with Gasteiger partial charge in [-0.1, -0.05) is 23.7 Å². The van der Waals surface area contributed by atoms with Crippen molar-refractivity contribution < 1.29 is 14.9 Å². The number of ether oxygens (including phenoxy) is 1. The summed E-state index contributed by atoms with van der Waals surface area (Å²) in [6.45, 7) is -0.109. The normalized spacial score (nSPS) is 25.4. The largest absolute Gasteiger partial charge is 0.486 e. The smallest absolute Gasteiger partial charge is 0.144 e. The fraction of sp³-hybridized carbons (Fsp3) is 0.400. The van der Waals surface area contributed by atoms with Gasteiger partial charge >= 0.3 is 0 Å². The second-order valence-corrected chi connectivity index (χ2v) is 3.74. The molecular formula is C10H11ClO3. The monoisotopic (exact) mass is 214 g/mol. The summed E-state index contributed by atoms with van der Waals surface area (Å²) in [5, 5.41) is 19.2. The van der Waals surface area contributed by atoms with Gasteiger partial charge in [0, 0.05) is 12.0 Å². The Morgan fingerprint density at radius 3 is 3.00 bits per heavy atom. The van der Waals surface area contributed by atoms with Gasteiger partial charge in [0.2, 0.25) is 0 Å². The minimum absolute atomic E-state index is 0.109. The van der Waals surface area contributed by atoms with E-state index in [1.807, 2.05) is 0 Å². The summed E-state index contributed by atoms with van der Waals surface area (Å²) >= 11 is 5.91. The highest BCUT2D eigenvalue weighted by Gasteiger charge is 2.27. The van der Waals surface area contributed by atoms with Gasteiger partial charge in [-0.3, -0.25) is 0 Å². The molecule has 1 aliphatic rings. The third kappa shape index (κ3) is 1.59. The van der Waals surface area contributed by atoms with Crippen molar-refractivity contribution in [3.8, 4) is 5.75 Å². The van der Waals surface area contributed by atoms with Crippen molar-refractivity contribution in [2.24, 2.45) is 0 Å². The molecule has 0 saturated heterocycles. The molecule has 3 nitrogen and oxygen atoms in total. The first kappa shape index (κ1) is 9.77. The van der Waals surface area contributed by atoms with Crippen LogP contribution in [0.4, 0.5) is 0 Å². The lowest BCUT2D eigenvalue weighted by Crippen LogP contribution is -2.28. The summed E-state index contributed by atoms with van der Waals surface area (Å²) in [6, 6.07) is 5.25. The molecule has 1 heterocycles. The lowest BCUT2D eigenvalue weighted by molar-refractivity contribution is 0.0334. The van der Waals surface area contributed by atoms with Crippen LogP contribution >= 0.6 is 11.6 Å². The number of para-hydroxylation sites is 1. The number of hydrogen-bond acceptors (Lipinski definition) is 3. The maximum Gasteiger partial charge on any atom is 0.144 e. The van der Waals surface area contributed by atoms with Gasteiger partial charge in [-0.25, -0.2) is 0 Å². The van der Waals surface area contributed by atoms with Crippen molar-refractivity contribution >= 4 is 11.6 Å². The van der Waals surface area contributed by atoms with Crippen molar-refractivity contribution in [3.05, 3.63) is 28.8 Å². The predicted octanol–water partition coefficient (Wildman–Crippen LogP) is 1.52. The van der Waals surface area contributed by atoms with E-state index in [1.54, 1.807) is 18.2 Å².